The number of halogens is 1. The molecule has 0 unspecified atom stereocenters. The number of hydrogen-bond donors (Lipinski definition) is 4. The van der Waals surface area contributed by atoms with E-state index in [-0.39, 0.29) is 22.5 Å². The Morgan fingerprint density at radius 3 is 2.48 bits per heavy atom. The maximum absolute atomic E-state index is 13.6. The Hall–Kier alpha value is -3.82. The van der Waals surface area contributed by atoms with Crippen molar-refractivity contribution in [1.82, 2.24) is 20.3 Å². The minimum atomic E-state index is -1.29. The van der Waals surface area contributed by atoms with E-state index in [0.29, 0.717) is 16.9 Å². The van der Waals surface area contributed by atoms with Crippen molar-refractivity contribution < 1.29 is 18.7 Å². The van der Waals surface area contributed by atoms with Crippen LogP contribution in [0.15, 0.2) is 30.6 Å². The van der Waals surface area contributed by atoms with Crippen molar-refractivity contribution in [2.45, 2.75) is 45.8 Å². The number of amides is 1. The van der Waals surface area contributed by atoms with E-state index in [4.69, 9.17) is 10.1 Å². The molecule has 3 aromatic rings. The van der Waals surface area contributed by atoms with Gasteiger partial charge < -0.3 is 20.4 Å². The number of aromatic nitrogens is 3. The second-order valence-electron chi connectivity index (χ2n) is 9.05. The summed E-state index contributed by atoms with van der Waals surface area (Å²) in [6, 6.07) is 4.01. The van der Waals surface area contributed by atoms with Crippen molar-refractivity contribution in [3.05, 3.63) is 53.2 Å². The number of carbonyl (C=O) groups is 2. The average Bonchev–Trinajstić information content (AvgIpc) is 3.15. The first-order valence-corrected chi connectivity index (χ1v) is 10.3. The number of H-pyrrole nitrogens is 1. The predicted octanol–water partition coefficient (Wildman–Crippen LogP) is 3.40. The maximum atomic E-state index is 13.6. The molecule has 33 heavy (non-hydrogen) atoms. The van der Waals surface area contributed by atoms with Crippen molar-refractivity contribution in [3.8, 4) is 0 Å². The molecule has 174 valence electrons. The largest absolute Gasteiger partial charge is 0.458 e. The van der Waals surface area contributed by atoms with E-state index in [1.54, 1.807) is 41.7 Å². The molecule has 9 nitrogen and oxygen atoms in total. The number of ether oxygens (including phenoxy) is 1. The fourth-order valence-electron chi connectivity index (χ4n) is 3.07. The summed E-state index contributed by atoms with van der Waals surface area (Å²) in [5.74, 6) is -1.56. The number of esters is 1. The van der Waals surface area contributed by atoms with Gasteiger partial charge in [-0.3, -0.25) is 10.2 Å². The molecule has 0 fully saturated rings. The predicted molar refractivity (Wildman–Crippen MR) is 123 cm³/mol. The number of hydrogen-bond acceptors (Lipinski definition) is 7. The van der Waals surface area contributed by atoms with E-state index in [0.717, 1.165) is 0 Å². The molecule has 2 heterocycles. The molecule has 10 heteroatoms. The van der Waals surface area contributed by atoms with Gasteiger partial charge in [0.2, 0.25) is 0 Å². The topological polar surface area (TPSA) is 133 Å². The number of nitrogens with zero attached hydrogens (tertiary/aromatic N) is 2. The Bertz CT molecular complexity index is 1240. The Morgan fingerprint density at radius 1 is 1.15 bits per heavy atom. The highest BCUT2D eigenvalue weighted by atomic mass is 19.1. The molecular formula is C23H27FN6O3. The summed E-state index contributed by atoms with van der Waals surface area (Å²) in [5, 5.41) is 14.1. The third-order valence-electron chi connectivity index (χ3n) is 4.74. The number of aromatic amines is 1. The van der Waals surface area contributed by atoms with Gasteiger partial charge in [-0.1, -0.05) is 0 Å². The van der Waals surface area contributed by atoms with Crippen LogP contribution >= 0.6 is 0 Å². The van der Waals surface area contributed by atoms with Gasteiger partial charge in [0, 0.05) is 24.5 Å². The van der Waals surface area contributed by atoms with E-state index in [1.807, 2.05) is 0 Å². The maximum Gasteiger partial charge on any atom is 0.331 e. The van der Waals surface area contributed by atoms with E-state index in [2.05, 4.69) is 25.6 Å². The zero-order valence-corrected chi connectivity index (χ0v) is 19.4. The second-order valence-corrected chi connectivity index (χ2v) is 9.05. The van der Waals surface area contributed by atoms with Crippen LogP contribution in [-0.4, -0.2) is 50.7 Å². The van der Waals surface area contributed by atoms with Crippen LogP contribution in [0.25, 0.3) is 11.2 Å². The van der Waals surface area contributed by atoms with Gasteiger partial charge >= 0.3 is 5.97 Å². The SMILES string of the molecule is CNc1cc(F)ccc1C(=N)c1cnc2[nH]cc(C(=O)NC(C)(C)C(=O)OC(C)(C)C)c2n1. The van der Waals surface area contributed by atoms with E-state index in [1.165, 1.54) is 30.6 Å². The summed E-state index contributed by atoms with van der Waals surface area (Å²) in [7, 11) is 1.63. The van der Waals surface area contributed by atoms with E-state index < -0.39 is 28.8 Å². The quantitative estimate of drug-likeness (QED) is 0.333. The molecule has 0 bridgehead atoms. The fourth-order valence-corrected chi connectivity index (χ4v) is 3.07. The molecule has 2 aromatic heterocycles. The smallest absolute Gasteiger partial charge is 0.331 e. The number of carbonyl (C=O) groups excluding carboxylic acids is 2. The van der Waals surface area contributed by atoms with Gasteiger partial charge in [0.05, 0.1) is 17.5 Å². The summed E-state index contributed by atoms with van der Waals surface area (Å²) in [5.41, 5.74) is -0.178. The standard InChI is InChI=1S/C23H27FN6O3/c1-22(2,3)33-21(32)23(4,5)30-20(31)14-10-27-19-18(14)29-16(11-28-19)17(25)13-8-7-12(24)9-15(13)26-6/h7-11,25-26H,1-6H3,(H,27,28)(H,30,31). The lowest BCUT2D eigenvalue weighted by atomic mass is 10.0. The third kappa shape index (κ3) is 5.16. The van der Waals surface area contributed by atoms with Crippen molar-refractivity contribution in [2.75, 3.05) is 12.4 Å². The Labute approximate surface area is 190 Å². The van der Waals surface area contributed by atoms with Crippen LogP contribution in [0.3, 0.4) is 0 Å². The molecule has 0 saturated carbocycles. The van der Waals surface area contributed by atoms with Gasteiger partial charge in [-0.2, -0.15) is 0 Å². The molecule has 0 spiro atoms. The summed E-state index contributed by atoms with van der Waals surface area (Å²) < 4.78 is 19.0. The first kappa shape index (κ1) is 23.8. The van der Waals surface area contributed by atoms with Crippen LogP contribution in [0.1, 0.15) is 56.2 Å². The summed E-state index contributed by atoms with van der Waals surface area (Å²) in [6.07, 6.45) is 2.84. The van der Waals surface area contributed by atoms with Gasteiger partial charge in [0.25, 0.3) is 5.91 Å². The van der Waals surface area contributed by atoms with Crippen molar-refractivity contribution in [1.29, 1.82) is 5.41 Å². The Morgan fingerprint density at radius 2 is 1.85 bits per heavy atom. The van der Waals surface area contributed by atoms with Gasteiger partial charge in [-0.15, -0.1) is 0 Å². The molecule has 0 aliphatic carbocycles. The Balaban J connectivity index is 1.92. The summed E-state index contributed by atoms with van der Waals surface area (Å²) in [4.78, 5) is 37.1. The highest BCUT2D eigenvalue weighted by Crippen LogP contribution is 2.22. The molecule has 0 saturated heterocycles. The number of benzene rings is 1. The fraction of sp³-hybridized carbons (Fsp3) is 0.348. The highest BCUT2D eigenvalue weighted by Gasteiger charge is 2.35. The molecule has 0 atom stereocenters. The zero-order valence-electron chi connectivity index (χ0n) is 19.4. The molecule has 0 radical (unpaired) electrons. The first-order valence-electron chi connectivity index (χ1n) is 10.3. The van der Waals surface area contributed by atoms with Crippen molar-refractivity contribution >= 4 is 34.4 Å². The van der Waals surface area contributed by atoms with Gasteiger partial charge in [-0.05, 0) is 52.8 Å². The third-order valence-corrected chi connectivity index (χ3v) is 4.74. The molecule has 4 N–H and O–H groups in total. The molecule has 0 aliphatic rings. The Kier molecular flexibility index (Phi) is 6.22. The molecule has 1 aromatic carbocycles. The van der Waals surface area contributed by atoms with E-state index in [9.17, 15) is 14.0 Å². The second kappa shape index (κ2) is 8.61. The van der Waals surface area contributed by atoms with E-state index >= 15 is 0 Å². The van der Waals surface area contributed by atoms with Gasteiger partial charge in [0.15, 0.2) is 5.65 Å². The monoisotopic (exact) mass is 454 g/mol. The molecule has 1 amide bonds. The number of fused-ring (bicyclic) bond motifs is 1. The zero-order chi connectivity index (χ0) is 24.6. The lowest BCUT2D eigenvalue weighted by Gasteiger charge is -2.29. The number of rotatable bonds is 6. The van der Waals surface area contributed by atoms with Crippen LogP contribution in [-0.2, 0) is 9.53 Å². The van der Waals surface area contributed by atoms with Crippen LogP contribution in [0.5, 0.6) is 0 Å². The van der Waals surface area contributed by atoms with Gasteiger partial charge in [-0.25, -0.2) is 19.2 Å². The summed E-state index contributed by atoms with van der Waals surface area (Å²) in [6.45, 7) is 8.34. The number of nitrogens with one attached hydrogen (secondary N) is 4. The first-order chi connectivity index (χ1) is 15.3. The lowest BCUT2D eigenvalue weighted by Crippen LogP contribution is -2.52. The van der Waals surface area contributed by atoms with Crippen molar-refractivity contribution in [2.24, 2.45) is 0 Å². The minimum absolute atomic E-state index is 0.00962. The minimum Gasteiger partial charge on any atom is -0.458 e. The van der Waals surface area contributed by atoms with Crippen LogP contribution < -0.4 is 10.6 Å². The normalized spacial score (nSPS) is 11.8. The van der Waals surface area contributed by atoms with Crippen LogP contribution in [0.4, 0.5) is 10.1 Å². The molecule has 3 rings (SSSR count). The average molecular weight is 455 g/mol. The van der Waals surface area contributed by atoms with Crippen LogP contribution in [0, 0.1) is 11.2 Å². The van der Waals surface area contributed by atoms with Crippen LogP contribution in [0.2, 0.25) is 0 Å². The number of anilines is 1. The lowest BCUT2D eigenvalue weighted by molar-refractivity contribution is -0.161. The molecule has 0 aliphatic heterocycles. The van der Waals surface area contributed by atoms with Gasteiger partial charge in [0.1, 0.15) is 28.2 Å². The highest BCUT2D eigenvalue weighted by molar-refractivity contribution is 6.14. The molecular weight excluding hydrogens is 427 g/mol. The summed E-state index contributed by atoms with van der Waals surface area (Å²) >= 11 is 0. The van der Waals surface area contributed by atoms with Crippen molar-refractivity contribution in [3.63, 3.8) is 0 Å².